The topological polar surface area (TPSA) is 71.8 Å². The van der Waals surface area contributed by atoms with Gasteiger partial charge in [0.1, 0.15) is 0 Å². The second-order valence-corrected chi connectivity index (χ2v) is 6.22. The molecule has 1 aromatic carbocycles. The number of rotatable bonds is 3. The highest BCUT2D eigenvalue weighted by Gasteiger charge is 2.57. The molecule has 2 aliphatic rings. The molecule has 1 amide bonds. The van der Waals surface area contributed by atoms with Crippen molar-refractivity contribution in [1.82, 2.24) is 20.3 Å². The number of anilines is 1. The van der Waals surface area contributed by atoms with Crippen LogP contribution >= 0.6 is 12.4 Å². The molecule has 2 aromatic rings. The summed E-state index contributed by atoms with van der Waals surface area (Å²) < 4.78 is 0. The molecule has 0 radical (unpaired) electrons. The summed E-state index contributed by atoms with van der Waals surface area (Å²) in [6.07, 6.45) is 6.56. The summed E-state index contributed by atoms with van der Waals surface area (Å²) in [5, 5.41) is 14.6. The second-order valence-electron chi connectivity index (χ2n) is 6.22. The number of halogens is 1. The minimum absolute atomic E-state index is 0. The molecule has 23 heavy (non-hydrogen) atoms. The van der Waals surface area contributed by atoms with E-state index in [9.17, 15) is 4.79 Å². The van der Waals surface area contributed by atoms with Gasteiger partial charge in [0.05, 0.1) is 18.1 Å². The van der Waals surface area contributed by atoms with Gasteiger partial charge in [0.2, 0.25) is 5.91 Å². The van der Waals surface area contributed by atoms with Crippen LogP contribution in [0.15, 0.2) is 36.7 Å². The maximum Gasteiger partial charge on any atom is 0.228 e. The molecule has 4 rings (SSSR count). The van der Waals surface area contributed by atoms with Gasteiger partial charge in [-0.25, -0.2) is 0 Å². The Morgan fingerprint density at radius 3 is 2.48 bits per heavy atom. The van der Waals surface area contributed by atoms with Gasteiger partial charge in [0, 0.05) is 11.6 Å². The van der Waals surface area contributed by atoms with Crippen LogP contribution in [-0.4, -0.2) is 34.0 Å². The lowest BCUT2D eigenvalue weighted by molar-refractivity contribution is -0.118. The van der Waals surface area contributed by atoms with E-state index in [1.54, 1.807) is 17.2 Å². The van der Waals surface area contributed by atoms with Crippen molar-refractivity contribution in [2.24, 2.45) is 11.3 Å². The van der Waals surface area contributed by atoms with Gasteiger partial charge in [-0.2, -0.15) is 15.0 Å². The van der Waals surface area contributed by atoms with Crippen LogP contribution in [0.5, 0.6) is 0 Å². The Kier molecular flexibility index (Phi) is 4.37. The molecule has 2 N–H and O–H groups in total. The highest BCUT2D eigenvalue weighted by atomic mass is 35.5. The van der Waals surface area contributed by atoms with Crippen molar-refractivity contribution in [3.8, 4) is 5.69 Å². The number of piperidine rings is 1. The first kappa shape index (κ1) is 16.0. The Morgan fingerprint density at radius 1 is 1.17 bits per heavy atom. The van der Waals surface area contributed by atoms with Crippen molar-refractivity contribution < 1.29 is 4.79 Å². The van der Waals surface area contributed by atoms with E-state index in [-0.39, 0.29) is 29.6 Å². The lowest BCUT2D eigenvalue weighted by atomic mass is 9.92. The maximum atomic E-state index is 12.4. The third-order valence-electron chi connectivity index (χ3n) is 4.89. The highest BCUT2D eigenvalue weighted by Crippen LogP contribution is 2.58. The first-order valence-corrected chi connectivity index (χ1v) is 7.75. The Morgan fingerprint density at radius 2 is 1.83 bits per heavy atom. The first-order chi connectivity index (χ1) is 10.8. The standard InChI is InChI=1S/C16H19N5O.ClH/c22-15(14-11-16(14)5-7-17-8-6-16)20-12-1-3-13(4-2-12)21-18-9-10-19-21;/h1-4,9-10,14,17H,5-8,11H2,(H,20,22);1H. The Labute approximate surface area is 141 Å². The van der Waals surface area contributed by atoms with Crippen molar-refractivity contribution in [3.63, 3.8) is 0 Å². The van der Waals surface area contributed by atoms with E-state index in [4.69, 9.17) is 0 Å². The number of benzene rings is 1. The van der Waals surface area contributed by atoms with Gasteiger partial charge in [-0.3, -0.25) is 4.79 Å². The smallest absolute Gasteiger partial charge is 0.228 e. The van der Waals surface area contributed by atoms with Crippen molar-refractivity contribution in [1.29, 1.82) is 0 Å². The number of amides is 1. The van der Waals surface area contributed by atoms with E-state index in [1.807, 2.05) is 24.3 Å². The van der Waals surface area contributed by atoms with Crippen LogP contribution in [0.2, 0.25) is 0 Å². The fraction of sp³-hybridized carbons (Fsp3) is 0.438. The van der Waals surface area contributed by atoms with Crippen molar-refractivity contribution >= 4 is 24.0 Å². The molecule has 1 unspecified atom stereocenters. The lowest BCUT2D eigenvalue weighted by Crippen LogP contribution is -2.31. The average molecular weight is 334 g/mol. The van der Waals surface area contributed by atoms with E-state index in [0.717, 1.165) is 43.7 Å². The number of hydrogen-bond donors (Lipinski definition) is 2. The van der Waals surface area contributed by atoms with Gasteiger partial charge in [-0.1, -0.05) is 0 Å². The number of nitrogens with zero attached hydrogens (tertiary/aromatic N) is 3. The van der Waals surface area contributed by atoms with Gasteiger partial charge < -0.3 is 10.6 Å². The SMILES string of the molecule is Cl.O=C(Nc1ccc(-n2nccn2)cc1)C1CC12CCNCC2. The van der Waals surface area contributed by atoms with Crippen molar-refractivity contribution in [2.45, 2.75) is 19.3 Å². The van der Waals surface area contributed by atoms with Crippen LogP contribution in [0.25, 0.3) is 5.69 Å². The molecule has 122 valence electrons. The van der Waals surface area contributed by atoms with E-state index in [0.29, 0.717) is 0 Å². The minimum atomic E-state index is 0. The monoisotopic (exact) mass is 333 g/mol. The van der Waals surface area contributed by atoms with Crippen LogP contribution in [0.3, 0.4) is 0 Å². The lowest BCUT2D eigenvalue weighted by Gasteiger charge is -2.23. The van der Waals surface area contributed by atoms with E-state index in [2.05, 4.69) is 20.8 Å². The molecule has 2 heterocycles. The Balaban J connectivity index is 0.00000156. The van der Waals surface area contributed by atoms with Gasteiger partial charge in [-0.15, -0.1) is 12.4 Å². The largest absolute Gasteiger partial charge is 0.326 e. The summed E-state index contributed by atoms with van der Waals surface area (Å²) in [5.74, 6) is 0.342. The van der Waals surface area contributed by atoms with Gasteiger partial charge in [0.25, 0.3) is 0 Å². The number of aromatic nitrogens is 3. The van der Waals surface area contributed by atoms with E-state index in [1.165, 1.54) is 0 Å². The van der Waals surface area contributed by atoms with Gasteiger partial charge >= 0.3 is 0 Å². The van der Waals surface area contributed by atoms with E-state index >= 15 is 0 Å². The van der Waals surface area contributed by atoms with Crippen LogP contribution in [0.1, 0.15) is 19.3 Å². The third-order valence-corrected chi connectivity index (χ3v) is 4.89. The van der Waals surface area contributed by atoms with E-state index < -0.39 is 0 Å². The van der Waals surface area contributed by atoms with Crippen LogP contribution < -0.4 is 10.6 Å². The van der Waals surface area contributed by atoms with Crippen LogP contribution in [0.4, 0.5) is 5.69 Å². The molecule has 1 aromatic heterocycles. The van der Waals surface area contributed by atoms with Crippen LogP contribution in [0, 0.1) is 11.3 Å². The summed E-state index contributed by atoms with van der Waals surface area (Å²) in [6, 6.07) is 7.60. The molecule has 1 aliphatic heterocycles. The summed E-state index contributed by atoms with van der Waals surface area (Å²) in [7, 11) is 0. The average Bonchev–Trinajstić information content (AvgIpc) is 3.00. The number of hydrogen-bond acceptors (Lipinski definition) is 4. The summed E-state index contributed by atoms with van der Waals surface area (Å²) in [4.78, 5) is 14.0. The van der Waals surface area contributed by atoms with Crippen LogP contribution in [-0.2, 0) is 4.79 Å². The highest BCUT2D eigenvalue weighted by molar-refractivity contribution is 5.95. The molecule has 1 saturated heterocycles. The quantitative estimate of drug-likeness (QED) is 0.901. The molecule has 2 fully saturated rings. The molecule has 1 aliphatic carbocycles. The minimum Gasteiger partial charge on any atom is -0.326 e. The zero-order chi connectivity index (χ0) is 15.0. The molecule has 6 nitrogen and oxygen atoms in total. The fourth-order valence-electron chi connectivity index (χ4n) is 3.45. The first-order valence-electron chi connectivity index (χ1n) is 7.75. The molecule has 1 atom stereocenters. The second kappa shape index (κ2) is 6.29. The van der Waals surface area contributed by atoms with Crippen molar-refractivity contribution in [3.05, 3.63) is 36.7 Å². The molecule has 1 saturated carbocycles. The molecule has 1 spiro atoms. The zero-order valence-corrected chi connectivity index (χ0v) is 13.6. The fourth-order valence-corrected chi connectivity index (χ4v) is 3.45. The molecule has 7 heteroatoms. The number of carbonyl (C=O) groups is 1. The number of carbonyl (C=O) groups excluding carboxylic acids is 1. The normalized spacial score (nSPS) is 21.5. The third kappa shape index (κ3) is 3.09. The van der Waals surface area contributed by atoms with Crippen molar-refractivity contribution in [2.75, 3.05) is 18.4 Å². The van der Waals surface area contributed by atoms with Gasteiger partial charge in [0.15, 0.2) is 0 Å². The summed E-state index contributed by atoms with van der Waals surface area (Å²) in [6.45, 7) is 2.07. The molecular formula is C16H20ClN5O. The number of nitrogens with one attached hydrogen (secondary N) is 2. The molecule has 0 bridgehead atoms. The summed E-state index contributed by atoms with van der Waals surface area (Å²) in [5.41, 5.74) is 1.98. The zero-order valence-electron chi connectivity index (χ0n) is 12.7. The van der Waals surface area contributed by atoms with Gasteiger partial charge in [-0.05, 0) is 62.0 Å². The predicted molar refractivity (Wildman–Crippen MR) is 89.9 cm³/mol. The Hall–Kier alpha value is -1.92. The Bertz CT molecular complexity index is 664. The maximum absolute atomic E-state index is 12.4. The summed E-state index contributed by atoms with van der Waals surface area (Å²) >= 11 is 0. The molecular weight excluding hydrogens is 314 g/mol. The predicted octanol–water partition coefficient (Wildman–Crippen LogP) is 2.02.